The predicted molar refractivity (Wildman–Crippen MR) is 96.7 cm³/mol. The second kappa shape index (κ2) is 8.47. The summed E-state index contributed by atoms with van der Waals surface area (Å²) in [4.78, 5) is 26.6. The molecule has 26 heavy (non-hydrogen) atoms. The number of nitrogens with zero attached hydrogens (tertiary/aromatic N) is 1. The van der Waals surface area contributed by atoms with E-state index in [0.717, 1.165) is 12.0 Å². The monoisotopic (exact) mass is 361 g/mol. The Morgan fingerprint density at radius 2 is 2.04 bits per heavy atom. The van der Waals surface area contributed by atoms with Crippen molar-refractivity contribution in [3.63, 3.8) is 0 Å². The van der Waals surface area contributed by atoms with Crippen molar-refractivity contribution in [2.24, 2.45) is 5.92 Å². The van der Waals surface area contributed by atoms with Crippen molar-refractivity contribution in [2.45, 2.75) is 52.7 Å². The number of amides is 1. The first-order valence-electron chi connectivity index (χ1n) is 8.93. The van der Waals surface area contributed by atoms with Gasteiger partial charge in [0.25, 0.3) is 5.56 Å². The van der Waals surface area contributed by atoms with Crippen LogP contribution >= 0.6 is 0 Å². The average Bonchev–Trinajstić information content (AvgIpc) is 2.98. The molecule has 1 amide bonds. The molecule has 1 fully saturated rings. The second-order valence-electron chi connectivity index (χ2n) is 7.11. The van der Waals surface area contributed by atoms with E-state index in [0.29, 0.717) is 43.9 Å². The van der Waals surface area contributed by atoms with Gasteiger partial charge in [0, 0.05) is 25.1 Å². The van der Waals surface area contributed by atoms with Crippen LogP contribution in [0.2, 0.25) is 0 Å². The number of nitriles is 1. The lowest BCUT2D eigenvalue weighted by atomic mass is 9.98. The number of aryl methyl sites for hydroxylation is 1. The first-order valence-corrected chi connectivity index (χ1v) is 8.93. The lowest BCUT2D eigenvalue weighted by Gasteiger charge is -2.26. The first kappa shape index (κ1) is 20.1. The van der Waals surface area contributed by atoms with Crippen molar-refractivity contribution in [3.05, 3.63) is 32.7 Å². The number of rotatable bonds is 7. The highest BCUT2D eigenvalue weighted by atomic mass is 16.7. The molecule has 2 rings (SSSR count). The van der Waals surface area contributed by atoms with Crippen LogP contribution in [0.15, 0.2) is 4.79 Å². The van der Waals surface area contributed by atoms with E-state index in [9.17, 15) is 9.59 Å². The Balaban J connectivity index is 1.86. The largest absolute Gasteiger partial charge is 0.356 e. The van der Waals surface area contributed by atoms with Gasteiger partial charge in [-0.2, -0.15) is 5.26 Å². The van der Waals surface area contributed by atoms with Crippen LogP contribution < -0.4 is 10.9 Å². The summed E-state index contributed by atoms with van der Waals surface area (Å²) >= 11 is 0. The summed E-state index contributed by atoms with van der Waals surface area (Å²) in [5.41, 5.74) is 1.94. The van der Waals surface area contributed by atoms with E-state index in [4.69, 9.17) is 14.7 Å². The number of aromatic amines is 1. The molecular formula is C19H27N3O4. The maximum absolute atomic E-state index is 12.2. The summed E-state index contributed by atoms with van der Waals surface area (Å²) in [6.07, 6.45) is 1.50. The topological polar surface area (TPSA) is 104 Å². The van der Waals surface area contributed by atoms with Gasteiger partial charge >= 0.3 is 0 Å². The summed E-state index contributed by atoms with van der Waals surface area (Å²) in [5, 5.41) is 12.0. The predicted octanol–water partition coefficient (Wildman–Crippen LogP) is 1.70. The van der Waals surface area contributed by atoms with Gasteiger partial charge in [0.15, 0.2) is 5.79 Å². The minimum absolute atomic E-state index is 0.0567. The van der Waals surface area contributed by atoms with Gasteiger partial charge in [-0.15, -0.1) is 0 Å². The molecule has 7 heteroatoms. The van der Waals surface area contributed by atoms with Crippen LogP contribution in [0, 0.1) is 31.1 Å². The summed E-state index contributed by atoms with van der Waals surface area (Å²) in [6.45, 7) is 9.27. The Morgan fingerprint density at radius 3 is 2.65 bits per heavy atom. The lowest BCUT2D eigenvalue weighted by Crippen LogP contribution is -2.34. The molecular weight excluding hydrogens is 334 g/mol. The Kier molecular flexibility index (Phi) is 6.57. The van der Waals surface area contributed by atoms with Crippen LogP contribution in [0.3, 0.4) is 0 Å². The van der Waals surface area contributed by atoms with Crippen LogP contribution in [-0.2, 0) is 20.7 Å². The van der Waals surface area contributed by atoms with E-state index in [1.165, 1.54) is 0 Å². The fourth-order valence-corrected chi connectivity index (χ4v) is 3.42. The van der Waals surface area contributed by atoms with E-state index in [2.05, 4.69) is 10.3 Å². The van der Waals surface area contributed by atoms with Gasteiger partial charge in [-0.05, 0) is 44.2 Å². The van der Waals surface area contributed by atoms with Crippen LogP contribution in [0.4, 0.5) is 0 Å². The first-order chi connectivity index (χ1) is 12.3. The zero-order chi connectivity index (χ0) is 19.3. The highest BCUT2D eigenvalue weighted by molar-refractivity contribution is 5.76. The van der Waals surface area contributed by atoms with Gasteiger partial charge in [0.05, 0.1) is 13.2 Å². The smallest absolute Gasteiger partial charge is 0.266 e. The highest BCUT2D eigenvalue weighted by Crippen LogP contribution is 2.26. The third-order valence-corrected chi connectivity index (χ3v) is 4.79. The second-order valence-corrected chi connectivity index (χ2v) is 7.11. The summed E-state index contributed by atoms with van der Waals surface area (Å²) in [5.74, 6) is -0.385. The number of aromatic nitrogens is 1. The zero-order valence-electron chi connectivity index (χ0n) is 15.9. The molecule has 0 aliphatic carbocycles. The molecule has 0 radical (unpaired) electrons. The van der Waals surface area contributed by atoms with E-state index in [-0.39, 0.29) is 22.9 Å². The van der Waals surface area contributed by atoms with Crippen LogP contribution in [0.1, 0.15) is 49.1 Å². The number of nitrogens with one attached hydrogen (secondary N) is 2. The van der Waals surface area contributed by atoms with Crippen molar-refractivity contribution >= 4 is 5.91 Å². The molecule has 2 heterocycles. The third-order valence-electron chi connectivity index (χ3n) is 4.79. The van der Waals surface area contributed by atoms with Crippen molar-refractivity contribution < 1.29 is 14.3 Å². The van der Waals surface area contributed by atoms with Crippen LogP contribution in [0.5, 0.6) is 0 Å². The lowest BCUT2D eigenvalue weighted by molar-refractivity contribution is -0.154. The molecule has 1 aliphatic heterocycles. The van der Waals surface area contributed by atoms with Gasteiger partial charge in [-0.3, -0.25) is 9.59 Å². The van der Waals surface area contributed by atoms with E-state index < -0.39 is 5.79 Å². The minimum atomic E-state index is -0.554. The molecule has 1 unspecified atom stereocenters. The van der Waals surface area contributed by atoms with Gasteiger partial charge in [0.2, 0.25) is 5.91 Å². The number of hydrogen-bond donors (Lipinski definition) is 2. The number of carbonyl (C=O) groups is 1. The van der Waals surface area contributed by atoms with E-state index >= 15 is 0 Å². The summed E-state index contributed by atoms with van der Waals surface area (Å²) in [7, 11) is 0. The molecule has 0 saturated carbocycles. The number of hydrogen-bond acceptors (Lipinski definition) is 5. The van der Waals surface area contributed by atoms with Crippen molar-refractivity contribution in [2.75, 3.05) is 19.8 Å². The van der Waals surface area contributed by atoms with Gasteiger partial charge in [0.1, 0.15) is 11.6 Å². The molecule has 0 spiro atoms. The van der Waals surface area contributed by atoms with Gasteiger partial charge < -0.3 is 19.8 Å². The summed E-state index contributed by atoms with van der Waals surface area (Å²) < 4.78 is 11.2. The fourth-order valence-electron chi connectivity index (χ4n) is 3.42. The SMILES string of the molecule is Cc1[nH]c(=O)c(C#N)c(C)c1CCC(=O)NCC(C)CC1(C)OCCO1. The van der Waals surface area contributed by atoms with E-state index in [1.807, 2.05) is 19.9 Å². The maximum atomic E-state index is 12.2. The van der Waals surface area contributed by atoms with Crippen LogP contribution in [-0.4, -0.2) is 36.4 Å². The zero-order valence-corrected chi connectivity index (χ0v) is 15.9. The summed E-state index contributed by atoms with van der Waals surface area (Å²) in [6, 6.07) is 1.93. The van der Waals surface area contributed by atoms with Crippen molar-refractivity contribution in [1.29, 1.82) is 5.26 Å². The van der Waals surface area contributed by atoms with Gasteiger partial charge in [-0.25, -0.2) is 0 Å². The fraction of sp³-hybridized carbons (Fsp3) is 0.632. The van der Waals surface area contributed by atoms with E-state index in [1.54, 1.807) is 13.8 Å². The van der Waals surface area contributed by atoms with Crippen molar-refractivity contribution in [3.8, 4) is 6.07 Å². The number of carbonyl (C=O) groups excluding carboxylic acids is 1. The average molecular weight is 361 g/mol. The van der Waals surface area contributed by atoms with Crippen molar-refractivity contribution in [1.82, 2.24) is 10.3 Å². The molecule has 142 valence electrons. The molecule has 1 aliphatic rings. The number of ether oxygens (including phenoxy) is 2. The third kappa shape index (κ3) is 4.93. The minimum Gasteiger partial charge on any atom is -0.356 e. The normalized spacial score (nSPS) is 16.9. The quantitative estimate of drug-likeness (QED) is 0.769. The molecule has 1 atom stereocenters. The number of pyridine rings is 1. The molecule has 0 bridgehead atoms. The number of H-pyrrole nitrogens is 1. The molecule has 1 saturated heterocycles. The molecule has 7 nitrogen and oxygen atoms in total. The molecule has 1 aromatic rings. The molecule has 0 aromatic carbocycles. The molecule has 1 aromatic heterocycles. The maximum Gasteiger partial charge on any atom is 0.266 e. The molecule has 2 N–H and O–H groups in total. The Labute approximate surface area is 153 Å². The highest BCUT2D eigenvalue weighted by Gasteiger charge is 2.32. The Morgan fingerprint density at radius 1 is 1.38 bits per heavy atom. The Bertz CT molecular complexity index is 757. The van der Waals surface area contributed by atoms with Gasteiger partial charge in [-0.1, -0.05) is 6.92 Å². The Hall–Kier alpha value is -2.17. The van der Waals surface area contributed by atoms with Crippen LogP contribution in [0.25, 0.3) is 0 Å². The standard InChI is InChI=1S/C19H27N3O4/c1-12(9-19(4)25-7-8-26-19)11-21-17(23)6-5-15-13(2)16(10-20)18(24)22-14(15)3/h12H,5-9,11H2,1-4H3,(H,21,23)(H,22,24).